The lowest BCUT2D eigenvalue weighted by Crippen LogP contribution is -2.00. The van der Waals surface area contributed by atoms with E-state index in [0.29, 0.717) is 18.2 Å². The van der Waals surface area contributed by atoms with E-state index in [4.69, 9.17) is 5.73 Å². The van der Waals surface area contributed by atoms with Crippen molar-refractivity contribution in [1.82, 2.24) is 0 Å². The summed E-state index contributed by atoms with van der Waals surface area (Å²) >= 11 is 0. The first kappa shape index (κ1) is 16.4. The van der Waals surface area contributed by atoms with Crippen LogP contribution in [0.15, 0.2) is 54.2 Å². The van der Waals surface area contributed by atoms with Gasteiger partial charge in [0.1, 0.15) is 0 Å². The van der Waals surface area contributed by atoms with E-state index in [9.17, 15) is 0 Å². The second kappa shape index (κ2) is 9.46. The van der Waals surface area contributed by atoms with E-state index in [2.05, 4.69) is 37.7 Å². The van der Waals surface area contributed by atoms with Gasteiger partial charge in [-0.2, -0.15) is 0 Å². The molecule has 2 N–H and O–H groups in total. The molecule has 2 nitrogen and oxygen atoms in total. The molecule has 0 aliphatic heterocycles. The molecular weight excluding hydrogens is 220 g/mol. The largest absolute Gasteiger partial charge is 0.401 e. The molecule has 0 aromatic rings. The minimum Gasteiger partial charge on any atom is -0.401 e. The molecule has 18 heavy (non-hydrogen) atoms. The monoisotopic (exact) mass is 246 g/mol. The van der Waals surface area contributed by atoms with Gasteiger partial charge in [0.2, 0.25) is 0 Å². The van der Waals surface area contributed by atoms with E-state index in [0.717, 1.165) is 30.5 Å². The summed E-state index contributed by atoms with van der Waals surface area (Å²) in [6.45, 7) is 16.0. The highest BCUT2D eigenvalue weighted by molar-refractivity contribution is 5.92. The Labute approximate surface area is 112 Å². The summed E-state index contributed by atoms with van der Waals surface area (Å²) in [5, 5.41) is 0. The second-order valence-corrected chi connectivity index (χ2v) is 4.63. The van der Waals surface area contributed by atoms with Gasteiger partial charge >= 0.3 is 0 Å². The molecule has 0 spiro atoms. The summed E-state index contributed by atoms with van der Waals surface area (Å²) in [7, 11) is 0. The molecule has 0 rings (SSSR count). The van der Waals surface area contributed by atoms with Gasteiger partial charge in [-0.05, 0) is 38.2 Å². The predicted molar refractivity (Wildman–Crippen MR) is 82.8 cm³/mol. The molecule has 0 aliphatic carbocycles. The quantitative estimate of drug-likeness (QED) is 0.372. The molecule has 100 valence electrons. The molecule has 0 amide bonds. The lowest BCUT2D eigenvalue weighted by molar-refractivity contribution is 0.595. The van der Waals surface area contributed by atoms with Gasteiger partial charge in [-0.15, -0.1) is 0 Å². The van der Waals surface area contributed by atoms with Crippen LogP contribution in [0.4, 0.5) is 0 Å². The van der Waals surface area contributed by atoms with E-state index in [1.807, 2.05) is 19.1 Å². The smallest absolute Gasteiger partial charge is 0.0781 e. The SMILES string of the molecule is C=CC(=C)C(C)CCC/C=C/C(C)=NCC(=C)N. The molecule has 2 heteroatoms. The second-order valence-electron chi connectivity index (χ2n) is 4.63. The molecule has 1 unspecified atom stereocenters. The molecule has 0 fully saturated rings. The first-order valence-corrected chi connectivity index (χ1v) is 6.39. The van der Waals surface area contributed by atoms with Gasteiger partial charge < -0.3 is 5.73 Å². The zero-order valence-corrected chi connectivity index (χ0v) is 11.8. The Hall–Kier alpha value is -1.57. The van der Waals surface area contributed by atoms with Crippen LogP contribution in [0.1, 0.15) is 33.1 Å². The Morgan fingerprint density at radius 1 is 1.39 bits per heavy atom. The number of unbranched alkanes of at least 4 members (excludes halogenated alkanes) is 1. The van der Waals surface area contributed by atoms with Crippen LogP contribution >= 0.6 is 0 Å². The summed E-state index contributed by atoms with van der Waals surface area (Å²) in [6.07, 6.45) is 9.39. The number of aliphatic imine (C=N–C) groups is 1. The highest BCUT2D eigenvalue weighted by Crippen LogP contribution is 2.16. The Bertz CT molecular complexity index is 348. The summed E-state index contributed by atoms with van der Waals surface area (Å²) in [5.41, 5.74) is 8.16. The van der Waals surface area contributed by atoms with Gasteiger partial charge in [-0.1, -0.05) is 44.4 Å². The normalized spacial score (nSPS) is 13.6. The molecule has 0 aromatic heterocycles. The third kappa shape index (κ3) is 8.57. The third-order valence-electron chi connectivity index (χ3n) is 2.79. The first-order valence-electron chi connectivity index (χ1n) is 6.39. The standard InChI is InChI=1S/C16H26N2/c1-6-13(2)14(3)10-8-7-9-11-16(5)18-12-15(4)17/h6,9,11,14H,1-2,4,7-8,10,12,17H2,3,5H3/b11-9+,18-16?. The van der Waals surface area contributed by atoms with Crippen LogP contribution < -0.4 is 5.73 Å². The van der Waals surface area contributed by atoms with Gasteiger partial charge in [0.15, 0.2) is 0 Å². The topological polar surface area (TPSA) is 38.4 Å². The molecule has 0 saturated carbocycles. The van der Waals surface area contributed by atoms with Crippen LogP contribution in [0, 0.1) is 5.92 Å². The van der Waals surface area contributed by atoms with Crippen molar-refractivity contribution >= 4 is 5.71 Å². The Morgan fingerprint density at radius 3 is 2.61 bits per heavy atom. The summed E-state index contributed by atoms with van der Waals surface area (Å²) in [4.78, 5) is 4.28. The van der Waals surface area contributed by atoms with Crippen LogP contribution in [0.25, 0.3) is 0 Å². The fraction of sp³-hybridized carbons (Fsp3) is 0.438. The average molecular weight is 246 g/mol. The van der Waals surface area contributed by atoms with Gasteiger partial charge in [0, 0.05) is 11.4 Å². The van der Waals surface area contributed by atoms with Crippen molar-refractivity contribution in [1.29, 1.82) is 0 Å². The Kier molecular flexibility index (Phi) is 8.63. The fourth-order valence-electron chi connectivity index (χ4n) is 1.46. The number of hydrogen-bond donors (Lipinski definition) is 1. The minimum atomic E-state index is 0.506. The van der Waals surface area contributed by atoms with E-state index in [1.54, 1.807) is 0 Å². The zero-order valence-electron chi connectivity index (χ0n) is 11.8. The highest BCUT2D eigenvalue weighted by Gasteiger charge is 2.01. The lowest BCUT2D eigenvalue weighted by atomic mass is 9.96. The van der Waals surface area contributed by atoms with Crippen LogP contribution in [0.5, 0.6) is 0 Å². The Morgan fingerprint density at radius 2 is 2.06 bits per heavy atom. The summed E-state index contributed by atoms with van der Waals surface area (Å²) in [6, 6.07) is 0. The van der Waals surface area contributed by atoms with Crippen molar-refractivity contribution in [3.05, 3.63) is 49.2 Å². The van der Waals surface area contributed by atoms with Gasteiger partial charge in [-0.3, -0.25) is 4.99 Å². The molecule has 0 aliphatic rings. The van der Waals surface area contributed by atoms with Gasteiger partial charge in [0.05, 0.1) is 6.54 Å². The van der Waals surface area contributed by atoms with E-state index >= 15 is 0 Å². The average Bonchev–Trinajstić information content (AvgIpc) is 2.34. The molecule has 1 atom stereocenters. The van der Waals surface area contributed by atoms with Crippen molar-refractivity contribution < 1.29 is 0 Å². The number of allylic oxidation sites excluding steroid dienone is 4. The van der Waals surface area contributed by atoms with E-state index in [1.165, 1.54) is 0 Å². The van der Waals surface area contributed by atoms with Gasteiger partial charge in [0.25, 0.3) is 0 Å². The number of hydrogen-bond acceptors (Lipinski definition) is 2. The van der Waals surface area contributed by atoms with E-state index < -0.39 is 0 Å². The van der Waals surface area contributed by atoms with Crippen LogP contribution in [0.3, 0.4) is 0 Å². The molecular formula is C16H26N2. The summed E-state index contributed by atoms with van der Waals surface area (Å²) < 4.78 is 0. The predicted octanol–water partition coefficient (Wildman–Crippen LogP) is 4.02. The maximum Gasteiger partial charge on any atom is 0.0781 e. The van der Waals surface area contributed by atoms with Crippen molar-refractivity contribution in [2.75, 3.05) is 6.54 Å². The van der Waals surface area contributed by atoms with Gasteiger partial charge in [-0.25, -0.2) is 0 Å². The molecule has 0 heterocycles. The summed E-state index contributed by atoms with van der Waals surface area (Å²) in [5.74, 6) is 0.520. The van der Waals surface area contributed by atoms with E-state index in [-0.39, 0.29) is 0 Å². The number of rotatable bonds is 9. The molecule has 0 radical (unpaired) electrons. The highest BCUT2D eigenvalue weighted by atomic mass is 14.8. The van der Waals surface area contributed by atoms with Crippen molar-refractivity contribution in [3.8, 4) is 0 Å². The lowest BCUT2D eigenvalue weighted by Gasteiger charge is -2.09. The van der Waals surface area contributed by atoms with Crippen molar-refractivity contribution in [2.45, 2.75) is 33.1 Å². The van der Waals surface area contributed by atoms with Crippen LogP contribution in [-0.2, 0) is 0 Å². The minimum absolute atomic E-state index is 0.506. The Balaban J connectivity index is 3.84. The molecule has 0 aromatic carbocycles. The first-order chi connectivity index (χ1) is 8.47. The van der Waals surface area contributed by atoms with Crippen molar-refractivity contribution in [2.24, 2.45) is 16.6 Å². The fourth-order valence-corrected chi connectivity index (χ4v) is 1.46. The van der Waals surface area contributed by atoms with Crippen LogP contribution in [0.2, 0.25) is 0 Å². The molecule has 0 bridgehead atoms. The third-order valence-corrected chi connectivity index (χ3v) is 2.79. The number of nitrogens with two attached hydrogens (primary N) is 1. The number of nitrogens with zero attached hydrogens (tertiary/aromatic N) is 1. The maximum atomic E-state index is 5.45. The zero-order chi connectivity index (χ0) is 14.0. The van der Waals surface area contributed by atoms with Crippen LogP contribution in [-0.4, -0.2) is 12.3 Å². The molecule has 0 saturated heterocycles. The maximum absolute atomic E-state index is 5.45. The van der Waals surface area contributed by atoms with Crippen molar-refractivity contribution in [3.63, 3.8) is 0 Å².